The van der Waals surface area contributed by atoms with Gasteiger partial charge in [0.2, 0.25) is 12.9 Å². The molecule has 2 aliphatic rings. The van der Waals surface area contributed by atoms with Crippen LogP contribution in [0.5, 0.6) is 28.7 Å². The maximum Gasteiger partial charge on any atom is 0.430 e. The van der Waals surface area contributed by atoms with Crippen molar-refractivity contribution in [1.82, 2.24) is 0 Å². The van der Waals surface area contributed by atoms with Gasteiger partial charge in [0, 0.05) is 6.07 Å². The molecule has 0 amide bonds. The van der Waals surface area contributed by atoms with E-state index in [-0.39, 0.29) is 23.9 Å². The molecule has 1 unspecified atom stereocenters. The summed E-state index contributed by atoms with van der Waals surface area (Å²) in [6.07, 6.45) is -6.50. The molecule has 27 heavy (non-hydrogen) atoms. The number of carboxylic acid groups (broad SMARTS) is 1. The summed E-state index contributed by atoms with van der Waals surface area (Å²) in [5.74, 6) is -0.350. The third-order valence-electron chi connectivity index (χ3n) is 3.97. The number of fused-ring (bicyclic) bond motifs is 2. The van der Waals surface area contributed by atoms with Crippen LogP contribution in [0.4, 0.5) is 13.2 Å². The molecule has 140 valence electrons. The summed E-state index contributed by atoms with van der Waals surface area (Å²) in [5.41, 5.74) is -0.815. The predicted molar refractivity (Wildman–Crippen MR) is 85.2 cm³/mol. The number of hydrogen-bond acceptors (Lipinski definition) is 5. The summed E-state index contributed by atoms with van der Waals surface area (Å²) >= 11 is 0. The molecular weight excluding hydrogens is 369 g/mol. The van der Waals surface area contributed by atoms with Crippen LogP contribution in [0.1, 0.15) is 5.56 Å². The molecule has 0 aromatic heterocycles. The summed E-state index contributed by atoms with van der Waals surface area (Å²) in [6, 6.07) is 9.05. The van der Waals surface area contributed by atoms with E-state index in [0.717, 1.165) is 6.08 Å². The Morgan fingerprint density at radius 2 is 1.89 bits per heavy atom. The van der Waals surface area contributed by atoms with Gasteiger partial charge in [0.1, 0.15) is 17.2 Å². The largest absolute Gasteiger partial charge is 0.478 e. The molecule has 0 aliphatic carbocycles. The van der Waals surface area contributed by atoms with Crippen LogP contribution in [0.25, 0.3) is 6.08 Å². The highest BCUT2D eigenvalue weighted by atomic mass is 19.4. The molecule has 2 heterocycles. The van der Waals surface area contributed by atoms with Gasteiger partial charge < -0.3 is 24.1 Å². The molecule has 0 saturated heterocycles. The number of halogens is 3. The third kappa shape index (κ3) is 3.12. The number of ether oxygens (including phenoxy) is 4. The van der Waals surface area contributed by atoms with E-state index in [1.165, 1.54) is 18.2 Å². The predicted octanol–water partition coefficient (Wildman–Crippen LogP) is 4.00. The fourth-order valence-corrected chi connectivity index (χ4v) is 2.76. The van der Waals surface area contributed by atoms with Gasteiger partial charge in [-0.1, -0.05) is 6.07 Å². The molecule has 0 spiro atoms. The SMILES string of the molecule is O=C(O)C1=Cc2c(Oc3ccc4c(c3)OCO4)cccc2OC1C(F)(F)F. The molecule has 2 aliphatic heterocycles. The Morgan fingerprint density at radius 1 is 1.11 bits per heavy atom. The van der Waals surface area contributed by atoms with E-state index in [9.17, 15) is 18.0 Å². The third-order valence-corrected chi connectivity index (χ3v) is 3.97. The lowest BCUT2D eigenvalue weighted by molar-refractivity contribution is -0.187. The Morgan fingerprint density at radius 3 is 2.63 bits per heavy atom. The van der Waals surface area contributed by atoms with Gasteiger partial charge in [-0.3, -0.25) is 0 Å². The van der Waals surface area contributed by atoms with Crippen LogP contribution in [-0.2, 0) is 4.79 Å². The lowest BCUT2D eigenvalue weighted by Gasteiger charge is -2.27. The number of rotatable bonds is 3. The Hall–Kier alpha value is -3.36. The molecule has 0 radical (unpaired) electrons. The van der Waals surface area contributed by atoms with Gasteiger partial charge in [0.15, 0.2) is 11.5 Å². The number of hydrogen-bond donors (Lipinski definition) is 1. The second-order valence-corrected chi connectivity index (χ2v) is 5.73. The van der Waals surface area contributed by atoms with E-state index in [1.54, 1.807) is 18.2 Å². The van der Waals surface area contributed by atoms with E-state index in [4.69, 9.17) is 24.1 Å². The van der Waals surface area contributed by atoms with Crippen LogP contribution in [0.2, 0.25) is 0 Å². The van der Waals surface area contributed by atoms with Gasteiger partial charge in [0.25, 0.3) is 0 Å². The van der Waals surface area contributed by atoms with Gasteiger partial charge in [-0.15, -0.1) is 0 Å². The van der Waals surface area contributed by atoms with Crippen LogP contribution in [0.3, 0.4) is 0 Å². The molecule has 2 aromatic rings. The quantitative estimate of drug-likeness (QED) is 0.868. The first-order valence-corrected chi connectivity index (χ1v) is 7.72. The average Bonchev–Trinajstić information content (AvgIpc) is 3.08. The summed E-state index contributed by atoms with van der Waals surface area (Å²) < 4.78 is 60.5. The lowest BCUT2D eigenvalue weighted by Crippen LogP contribution is -2.40. The first-order valence-electron chi connectivity index (χ1n) is 7.72. The Labute approximate surface area is 150 Å². The van der Waals surface area contributed by atoms with Crippen LogP contribution >= 0.6 is 0 Å². The highest BCUT2D eigenvalue weighted by molar-refractivity contribution is 5.95. The Balaban J connectivity index is 1.72. The second-order valence-electron chi connectivity index (χ2n) is 5.73. The number of alkyl halides is 3. The number of aliphatic carboxylic acids is 1. The molecule has 9 heteroatoms. The minimum absolute atomic E-state index is 0.0803. The van der Waals surface area contributed by atoms with E-state index in [1.807, 2.05) is 0 Å². The minimum Gasteiger partial charge on any atom is -0.478 e. The summed E-state index contributed by atoms with van der Waals surface area (Å²) in [4.78, 5) is 11.3. The fraction of sp³-hybridized carbons (Fsp3) is 0.167. The maximum absolute atomic E-state index is 13.1. The average molecular weight is 380 g/mol. The number of carbonyl (C=O) groups is 1. The molecule has 0 fully saturated rings. The topological polar surface area (TPSA) is 74.2 Å². The van der Waals surface area contributed by atoms with Gasteiger partial charge in [-0.25, -0.2) is 4.79 Å². The van der Waals surface area contributed by atoms with E-state index in [0.29, 0.717) is 17.2 Å². The monoisotopic (exact) mass is 380 g/mol. The van der Waals surface area contributed by atoms with Crippen molar-refractivity contribution in [2.45, 2.75) is 12.3 Å². The van der Waals surface area contributed by atoms with E-state index in [2.05, 4.69) is 0 Å². The molecule has 2 aromatic carbocycles. The normalized spacial score (nSPS) is 17.6. The summed E-state index contributed by atoms with van der Waals surface area (Å²) in [7, 11) is 0. The van der Waals surface area contributed by atoms with Crippen molar-refractivity contribution >= 4 is 12.0 Å². The summed E-state index contributed by atoms with van der Waals surface area (Å²) in [6.45, 7) is 0.0803. The molecule has 6 nitrogen and oxygen atoms in total. The summed E-state index contributed by atoms with van der Waals surface area (Å²) in [5, 5.41) is 9.16. The van der Waals surface area contributed by atoms with Crippen molar-refractivity contribution < 1.29 is 42.0 Å². The zero-order valence-corrected chi connectivity index (χ0v) is 13.4. The Kier molecular flexibility index (Phi) is 3.87. The number of carboxylic acids is 1. The van der Waals surface area contributed by atoms with Crippen LogP contribution in [0.15, 0.2) is 42.0 Å². The standard InChI is InChI=1S/C18H11F3O6/c19-18(20,21)16-11(17(22)23)7-10-12(2-1-3-13(10)27-16)26-9-4-5-14-15(6-9)25-8-24-14/h1-7,16H,8H2,(H,22,23). The van der Waals surface area contributed by atoms with Crippen molar-refractivity contribution in [2.24, 2.45) is 0 Å². The van der Waals surface area contributed by atoms with Crippen LogP contribution in [0, 0.1) is 0 Å². The van der Waals surface area contributed by atoms with Gasteiger partial charge >= 0.3 is 12.1 Å². The zero-order chi connectivity index (χ0) is 19.2. The smallest absolute Gasteiger partial charge is 0.430 e. The van der Waals surface area contributed by atoms with Crippen molar-refractivity contribution in [1.29, 1.82) is 0 Å². The zero-order valence-electron chi connectivity index (χ0n) is 13.4. The fourth-order valence-electron chi connectivity index (χ4n) is 2.76. The van der Waals surface area contributed by atoms with Gasteiger partial charge in [-0.2, -0.15) is 13.2 Å². The molecule has 0 bridgehead atoms. The minimum atomic E-state index is -4.86. The highest BCUT2D eigenvalue weighted by Gasteiger charge is 2.48. The van der Waals surface area contributed by atoms with Crippen molar-refractivity contribution in [3.63, 3.8) is 0 Å². The number of benzene rings is 2. The van der Waals surface area contributed by atoms with E-state index >= 15 is 0 Å². The first-order chi connectivity index (χ1) is 12.8. The lowest BCUT2D eigenvalue weighted by atomic mass is 10.0. The Bertz CT molecular complexity index is 951. The second kappa shape index (κ2) is 6.11. The van der Waals surface area contributed by atoms with Crippen LogP contribution in [-0.4, -0.2) is 30.1 Å². The maximum atomic E-state index is 13.1. The molecule has 1 N–H and O–H groups in total. The molecule has 0 saturated carbocycles. The van der Waals surface area contributed by atoms with Crippen molar-refractivity contribution in [2.75, 3.05) is 6.79 Å². The van der Waals surface area contributed by atoms with Gasteiger partial charge in [0.05, 0.1) is 11.1 Å². The van der Waals surface area contributed by atoms with Gasteiger partial charge in [-0.05, 0) is 30.3 Å². The highest BCUT2D eigenvalue weighted by Crippen LogP contribution is 2.43. The van der Waals surface area contributed by atoms with Crippen molar-refractivity contribution in [3.05, 3.63) is 47.5 Å². The molecule has 4 rings (SSSR count). The van der Waals surface area contributed by atoms with E-state index < -0.39 is 23.8 Å². The van der Waals surface area contributed by atoms with Crippen molar-refractivity contribution in [3.8, 4) is 28.7 Å². The molecule has 1 atom stereocenters. The van der Waals surface area contributed by atoms with Crippen LogP contribution < -0.4 is 18.9 Å². The first kappa shape index (κ1) is 17.1. The molecular formula is C18H11F3O6.